The van der Waals surface area contributed by atoms with Gasteiger partial charge in [0.25, 0.3) is 0 Å². The van der Waals surface area contributed by atoms with Crippen molar-refractivity contribution in [1.82, 2.24) is 10.2 Å². The van der Waals surface area contributed by atoms with E-state index in [0.29, 0.717) is 5.54 Å². The van der Waals surface area contributed by atoms with Crippen molar-refractivity contribution in [2.24, 2.45) is 5.92 Å². The molecule has 1 saturated heterocycles. The quantitative estimate of drug-likeness (QED) is 0.772. The third-order valence-electron chi connectivity index (χ3n) is 4.75. The first kappa shape index (κ1) is 12.4. The van der Waals surface area contributed by atoms with Gasteiger partial charge < -0.3 is 5.32 Å². The summed E-state index contributed by atoms with van der Waals surface area (Å²) < 4.78 is 0. The van der Waals surface area contributed by atoms with Crippen LogP contribution in [-0.2, 0) is 0 Å². The SMILES string of the molecule is CCC1CNC(CC)(CC)CN1CC1CC1. The number of nitrogens with zero attached hydrogens (tertiary/aromatic N) is 1. The Morgan fingerprint density at radius 1 is 1.19 bits per heavy atom. The zero-order valence-electron chi connectivity index (χ0n) is 11.3. The number of hydrogen-bond acceptors (Lipinski definition) is 2. The fraction of sp³-hybridized carbons (Fsp3) is 1.00. The van der Waals surface area contributed by atoms with Gasteiger partial charge in [-0.05, 0) is 38.0 Å². The van der Waals surface area contributed by atoms with Crippen molar-refractivity contribution < 1.29 is 0 Å². The van der Waals surface area contributed by atoms with Gasteiger partial charge in [0.1, 0.15) is 0 Å². The molecule has 2 rings (SSSR count). The lowest BCUT2D eigenvalue weighted by Gasteiger charge is -2.47. The molecule has 1 aliphatic heterocycles. The van der Waals surface area contributed by atoms with Crippen LogP contribution in [0, 0.1) is 5.92 Å². The highest BCUT2D eigenvalue weighted by molar-refractivity contribution is 4.97. The Morgan fingerprint density at radius 3 is 2.38 bits per heavy atom. The molecule has 0 spiro atoms. The molecule has 0 amide bonds. The van der Waals surface area contributed by atoms with Crippen LogP contribution in [0.3, 0.4) is 0 Å². The van der Waals surface area contributed by atoms with E-state index in [-0.39, 0.29) is 0 Å². The van der Waals surface area contributed by atoms with E-state index in [0.717, 1.165) is 12.0 Å². The summed E-state index contributed by atoms with van der Waals surface area (Å²) in [7, 11) is 0. The minimum atomic E-state index is 0.403. The molecule has 0 aromatic rings. The van der Waals surface area contributed by atoms with Crippen molar-refractivity contribution in [3.05, 3.63) is 0 Å². The zero-order chi connectivity index (χ0) is 11.6. The monoisotopic (exact) mass is 224 g/mol. The third kappa shape index (κ3) is 2.60. The van der Waals surface area contributed by atoms with Crippen LogP contribution in [0.4, 0.5) is 0 Å². The Balaban J connectivity index is 1.98. The predicted molar refractivity (Wildman–Crippen MR) is 69.7 cm³/mol. The summed E-state index contributed by atoms with van der Waals surface area (Å²) in [6, 6.07) is 0.784. The molecular weight excluding hydrogens is 196 g/mol. The molecule has 0 aromatic heterocycles. The molecule has 1 unspecified atom stereocenters. The average molecular weight is 224 g/mol. The lowest BCUT2D eigenvalue weighted by Crippen LogP contribution is -2.63. The number of piperazine rings is 1. The summed E-state index contributed by atoms with van der Waals surface area (Å²) in [5.74, 6) is 1.03. The summed E-state index contributed by atoms with van der Waals surface area (Å²) in [6.45, 7) is 10.8. The Hall–Kier alpha value is -0.0800. The second kappa shape index (κ2) is 5.05. The molecule has 1 atom stereocenters. The first-order chi connectivity index (χ1) is 7.73. The lowest BCUT2D eigenvalue weighted by molar-refractivity contribution is 0.0667. The maximum atomic E-state index is 3.81. The van der Waals surface area contributed by atoms with Gasteiger partial charge in [0.2, 0.25) is 0 Å². The average Bonchev–Trinajstić information content (AvgIpc) is 3.13. The summed E-state index contributed by atoms with van der Waals surface area (Å²) in [5, 5.41) is 3.81. The van der Waals surface area contributed by atoms with Crippen LogP contribution in [0.15, 0.2) is 0 Å². The Kier molecular flexibility index (Phi) is 3.91. The van der Waals surface area contributed by atoms with Gasteiger partial charge in [-0.1, -0.05) is 20.8 Å². The predicted octanol–water partition coefficient (Wildman–Crippen LogP) is 2.64. The minimum Gasteiger partial charge on any atom is -0.308 e. The van der Waals surface area contributed by atoms with Gasteiger partial charge in [0.15, 0.2) is 0 Å². The molecule has 1 heterocycles. The van der Waals surface area contributed by atoms with Crippen LogP contribution in [0.1, 0.15) is 52.9 Å². The molecule has 2 fully saturated rings. The lowest BCUT2D eigenvalue weighted by atomic mass is 9.88. The summed E-state index contributed by atoms with van der Waals surface area (Å²) >= 11 is 0. The Morgan fingerprint density at radius 2 is 1.88 bits per heavy atom. The van der Waals surface area contributed by atoms with Crippen LogP contribution in [-0.4, -0.2) is 36.1 Å². The Labute approximate surface area is 101 Å². The van der Waals surface area contributed by atoms with Crippen molar-refractivity contribution in [2.45, 2.75) is 64.5 Å². The number of rotatable bonds is 5. The standard InChI is InChI=1S/C14H28N2/c1-4-13-9-15-14(5-2,6-3)11-16(13)10-12-7-8-12/h12-13,15H,4-11H2,1-3H3. The largest absolute Gasteiger partial charge is 0.308 e. The third-order valence-corrected chi connectivity index (χ3v) is 4.75. The summed E-state index contributed by atoms with van der Waals surface area (Å²) in [5.41, 5.74) is 0.403. The number of hydrogen-bond donors (Lipinski definition) is 1. The molecule has 0 aromatic carbocycles. The van der Waals surface area contributed by atoms with Gasteiger partial charge in [0, 0.05) is 31.2 Å². The molecule has 0 bridgehead atoms. The van der Waals surface area contributed by atoms with Gasteiger partial charge >= 0.3 is 0 Å². The van der Waals surface area contributed by atoms with Gasteiger partial charge in [-0.15, -0.1) is 0 Å². The van der Waals surface area contributed by atoms with Gasteiger partial charge in [-0.3, -0.25) is 4.90 Å². The highest BCUT2D eigenvalue weighted by atomic mass is 15.3. The second-order valence-corrected chi connectivity index (χ2v) is 5.80. The topological polar surface area (TPSA) is 15.3 Å². The van der Waals surface area contributed by atoms with Crippen LogP contribution in [0.2, 0.25) is 0 Å². The van der Waals surface area contributed by atoms with Crippen molar-refractivity contribution in [3.63, 3.8) is 0 Å². The maximum absolute atomic E-state index is 3.81. The highest BCUT2D eigenvalue weighted by Crippen LogP contribution is 2.33. The van der Waals surface area contributed by atoms with E-state index in [2.05, 4.69) is 31.0 Å². The first-order valence-corrected chi connectivity index (χ1v) is 7.22. The fourth-order valence-electron chi connectivity index (χ4n) is 3.01. The zero-order valence-corrected chi connectivity index (χ0v) is 11.3. The molecule has 94 valence electrons. The van der Waals surface area contributed by atoms with E-state index in [4.69, 9.17) is 0 Å². The van der Waals surface area contributed by atoms with Crippen LogP contribution in [0.5, 0.6) is 0 Å². The van der Waals surface area contributed by atoms with Crippen molar-refractivity contribution in [1.29, 1.82) is 0 Å². The molecule has 2 heteroatoms. The van der Waals surface area contributed by atoms with E-state index in [1.165, 1.54) is 51.7 Å². The van der Waals surface area contributed by atoms with E-state index < -0.39 is 0 Å². The Bertz CT molecular complexity index is 219. The molecule has 1 N–H and O–H groups in total. The van der Waals surface area contributed by atoms with Gasteiger partial charge in [0.05, 0.1) is 0 Å². The normalized spacial score (nSPS) is 30.6. The van der Waals surface area contributed by atoms with Crippen molar-refractivity contribution >= 4 is 0 Å². The molecule has 2 nitrogen and oxygen atoms in total. The molecular formula is C14H28N2. The van der Waals surface area contributed by atoms with E-state index >= 15 is 0 Å². The van der Waals surface area contributed by atoms with E-state index in [1.807, 2.05) is 0 Å². The number of nitrogens with one attached hydrogen (secondary N) is 1. The minimum absolute atomic E-state index is 0.403. The molecule has 1 saturated carbocycles. The first-order valence-electron chi connectivity index (χ1n) is 7.22. The van der Waals surface area contributed by atoms with E-state index in [1.54, 1.807) is 0 Å². The van der Waals surface area contributed by atoms with E-state index in [9.17, 15) is 0 Å². The smallest absolute Gasteiger partial charge is 0.0304 e. The molecule has 16 heavy (non-hydrogen) atoms. The molecule has 1 aliphatic carbocycles. The fourth-order valence-corrected chi connectivity index (χ4v) is 3.01. The van der Waals surface area contributed by atoms with Gasteiger partial charge in [-0.25, -0.2) is 0 Å². The van der Waals surface area contributed by atoms with Crippen LogP contribution in [0.25, 0.3) is 0 Å². The second-order valence-electron chi connectivity index (χ2n) is 5.80. The molecule has 0 radical (unpaired) electrons. The maximum Gasteiger partial charge on any atom is 0.0304 e. The summed E-state index contributed by atoms with van der Waals surface area (Å²) in [4.78, 5) is 2.78. The van der Waals surface area contributed by atoms with Gasteiger partial charge in [-0.2, -0.15) is 0 Å². The van der Waals surface area contributed by atoms with Crippen LogP contribution >= 0.6 is 0 Å². The molecule has 2 aliphatic rings. The van der Waals surface area contributed by atoms with Crippen molar-refractivity contribution in [3.8, 4) is 0 Å². The highest BCUT2D eigenvalue weighted by Gasteiger charge is 2.38. The van der Waals surface area contributed by atoms with Crippen molar-refractivity contribution in [2.75, 3.05) is 19.6 Å². The summed E-state index contributed by atoms with van der Waals surface area (Å²) in [6.07, 6.45) is 6.78. The van der Waals surface area contributed by atoms with Crippen LogP contribution < -0.4 is 5.32 Å².